The third kappa shape index (κ3) is 5.45. The summed E-state index contributed by atoms with van der Waals surface area (Å²) in [5.74, 6) is 3.63. The lowest BCUT2D eigenvalue weighted by molar-refractivity contribution is 0.171. The number of ether oxygens (including phenoxy) is 2. The van der Waals surface area contributed by atoms with Gasteiger partial charge in [-0.3, -0.25) is 4.99 Å². The minimum absolute atomic E-state index is 0. The normalized spacial score (nSPS) is 17.4. The summed E-state index contributed by atoms with van der Waals surface area (Å²) in [5, 5.41) is 11.0. The van der Waals surface area contributed by atoms with E-state index in [4.69, 9.17) is 14.0 Å². The molecule has 1 saturated carbocycles. The molecule has 8 heteroatoms. The molecule has 0 saturated heterocycles. The average Bonchev–Trinajstić information content (AvgIpc) is 3.44. The molecule has 1 aliphatic carbocycles. The molecule has 0 bridgehead atoms. The van der Waals surface area contributed by atoms with Crippen molar-refractivity contribution in [3.8, 4) is 11.5 Å². The number of hydrogen-bond donors (Lipinski definition) is 2. The van der Waals surface area contributed by atoms with E-state index in [2.05, 4.69) is 46.8 Å². The predicted octanol–water partition coefficient (Wildman–Crippen LogP) is 4.36. The van der Waals surface area contributed by atoms with Gasteiger partial charge in [0.05, 0.1) is 12.2 Å². The zero-order valence-corrected chi connectivity index (χ0v) is 20.9. The Morgan fingerprint density at radius 1 is 1.10 bits per heavy atom. The Kier molecular flexibility index (Phi) is 8.07. The fraction of sp³-hybridized carbons (Fsp3) is 0.565. The summed E-state index contributed by atoms with van der Waals surface area (Å²) in [5.41, 5.74) is 2.35. The Labute approximate surface area is 201 Å². The number of guanidine groups is 1. The molecule has 2 aliphatic rings. The highest BCUT2D eigenvalue weighted by Gasteiger charge is 2.36. The monoisotopic (exact) mass is 540 g/mol. The van der Waals surface area contributed by atoms with Crippen LogP contribution in [0.25, 0.3) is 0 Å². The van der Waals surface area contributed by atoms with Crippen molar-refractivity contribution in [2.75, 3.05) is 26.8 Å². The molecule has 1 aromatic heterocycles. The summed E-state index contributed by atoms with van der Waals surface area (Å²) >= 11 is 0. The molecule has 2 aromatic rings. The van der Waals surface area contributed by atoms with Crippen molar-refractivity contribution in [1.29, 1.82) is 0 Å². The summed E-state index contributed by atoms with van der Waals surface area (Å²) in [7, 11) is 1.79. The van der Waals surface area contributed by atoms with E-state index in [-0.39, 0.29) is 29.4 Å². The van der Waals surface area contributed by atoms with Crippen molar-refractivity contribution in [1.82, 2.24) is 15.8 Å². The molecule has 1 aliphatic heterocycles. The molecular formula is C23H33IN4O3. The molecule has 0 unspecified atom stereocenters. The smallest absolute Gasteiger partial charge is 0.191 e. The zero-order chi connectivity index (χ0) is 21.0. The molecule has 0 atom stereocenters. The molecule has 2 N–H and O–H groups in total. The van der Waals surface area contributed by atoms with Gasteiger partial charge in [0.1, 0.15) is 13.2 Å². The van der Waals surface area contributed by atoms with Gasteiger partial charge >= 0.3 is 0 Å². The van der Waals surface area contributed by atoms with Gasteiger partial charge in [-0.05, 0) is 36.5 Å². The highest BCUT2D eigenvalue weighted by molar-refractivity contribution is 14.0. The first-order valence-corrected chi connectivity index (χ1v) is 10.9. The van der Waals surface area contributed by atoms with Crippen LogP contribution in [0.5, 0.6) is 11.5 Å². The molecule has 7 nitrogen and oxygen atoms in total. The lowest BCUT2D eigenvalue weighted by atomic mass is 9.78. The van der Waals surface area contributed by atoms with Crippen LogP contribution < -0.4 is 20.1 Å². The quantitative estimate of drug-likeness (QED) is 0.322. The van der Waals surface area contributed by atoms with Crippen LogP contribution in [-0.2, 0) is 12.0 Å². The number of nitrogens with one attached hydrogen (secondary N) is 2. The molecule has 4 rings (SSSR count). The van der Waals surface area contributed by atoms with Gasteiger partial charge < -0.3 is 24.6 Å². The van der Waals surface area contributed by atoms with Gasteiger partial charge in [-0.25, -0.2) is 0 Å². The van der Waals surface area contributed by atoms with Crippen molar-refractivity contribution in [2.45, 2.75) is 57.4 Å². The van der Waals surface area contributed by atoms with E-state index in [0.29, 0.717) is 25.7 Å². The number of rotatable bonds is 6. The Bertz CT molecular complexity index is 891. The van der Waals surface area contributed by atoms with Crippen molar-refractivity contribution in [3.05, 3.63) is 41.3 Å². The topological polar surface area (TPSA) is 80.9 Å². The second-order valence-corrected chi connectivity index (χ2v) is 8.50. The maximum atomic E-state index is 5.82. The van der Waals surface area contributed by atoms with Gasteiger partial charge in [-0.15, -0.1) is 24.0 Å². The van der Waals surface area contributed by atoms with E-state index < -0.39 is 0 Å². The summed E-state index contributed by atoms with van der Waals surface area (Å²) in [4.78, 5) is 4.39. The first-order valence-electron chi connectivity index (χ1n) is 10.9. The molecule has 2 heterocycles. The second-order valence-electron chi connectivity index (χ2n) is 8.50. The zero-order valence-electron chi connectivity index (χ0n) is 18.6. The highest BCUT2D eigenvalue weighted by Crippen LogP contribution is 2.43. The van der Waals surface area contributed by atoms with Gasteiger partial charge in [-0.2, -0.15) is 0 Å². The molecule has 1 fully saturated rings. The van der Waals surface area contributed by atoms with Crippen molar-refractivity contribution in [3.63, 3.8) is 0 Å². The Balaban J connectivity index is 0.00000272. The summed E-state index contributed by atoms with van der Waals surface area (Å²) in [6, 6.07) is 8.41. The van der Waals surface area contributed by atoms with E-state index in [1.165, 1.54) is 18.4 Å². The van der Waals surface area contributed by atoms with Gasteiger partial charge in [-0.1, -0.05) is 37.9 Å². The van der Waals surface area contributed by atoms with Crippen molar-refractivity contribution < 1.29 is 14.0 Å². The molecular weight excluding hydrogens is 507 g/mol. The van der Waals surface area contributed by atoms with E-state index in [1.807, 2.05) is 12.1 Å². The van der Waals surface area contributed by atoms with Crippen molar-refractivity contribution in [2.24, 2.45) is 4.99 Å². The SMILES string of the molecule is CN=C(NCc1cc(C(C)C)no1)NCC1(c2ccc3c(c2)OCCO3)CCCC1.I. The minimum Gasteiger partial charge on any atom is -0.486 e. The van der Waals surface area contributed by atoms with Crippen molar-refractivity contribution >= 4 is 29.9 Å². The summed E-state index contributed by atoms with van der Waals surface area (Å²) in [6.07, 6.45) is 4.77. The van der Waals surface area contributed by atoms with E-state index in [0.717, 1.165) is 48.3 Å². The summed E-state index contributed by atoms with van der Waals surface area (Å²) < 4.78 is 16.9. The lowest BCUT2D eigenvalue weighted by Crippen LogP contribution is -2.44. The average molecular weight is 540 g/mol. The van der Waals surface area contributed by atoms with Crippen LogP contribution in [-0.4, -0.2) is 37.9 Å². The lowest BCUT2D eigenvalue weighted by Gasteiger charge is -2.32. The first kappa shape index (κ1) is 23.7. The Morgan fingerprint density at radius 3 is 2.52 bits per heavy atom. The van der Waals surface area contributed by atoms with Crippen LogP contribution >= 0.6 is 24.0 Å². The molecule has 31 heavy (non-hydrogen) atoms. The first-order chi connectivity index (χ1) is 14.6. The number of aliphatic imine (C=N–C) groups is 1. The standard InChI is InChI=1S/C23H32N4O3.HI/c1-16(2)19-13-18(30-27-19)14-25-22(24-3)26-15-23(8-4-5-9-23)17-6-7-20-21(12-17)29-11-10-28-20;/h6-7,12-13,16H,4-5,8-11,14-15H2,1-3H3,(H2,24,25,26);1H. The molecule has 1 aromatic carbocycles. The Morgan fingerprint density at radius 2 is 1.84 bits per heavy atom. The van der Waals surface area contributed by atoms with Crippen LogP contribution in [0.4, 0.5) is 0 Å². The summed E-state index contributed by atoms with van der Waals surface area (Å²) in [6.45, 7) is 6.81. The van der Waals surface area contributed by atoms with Crippen LogP contribution in [0.3, 0.4) is 0 Å². The van der Waals surface area contributed by atoms with Crippen LogP contribution in [0.15, 0.2) is 33.8 Å². The fourth-order valence-corrected chi connectivity index (χ4v) is 4.32. The van der Waals surface area contributed by atoms with Crippen LogP contribution in [0.1, 0.15) is 62.5 Å². The van der Waals surface area contributed by atoms with E-state index >= 15 is 0 Å². The number of halogens is 1. The number of fused-ring (bicyclic) bond motifs is 1. The molecule has 0 amide bonds. The van der Waals surface area contributed by atoms with Crippen LogP contribution in [0.2, 0.25) is 0 Å². The Hall–Kier alpha value is -1.97. The van der Waals surface area contributed by atoms with E-state index in [1.54, 1.807) is 7.05 Å². The van der Waals surface area contributed by atoms with Gasteiger partial charge in [0.2, 0.25) is 0 Å². The maximum Gasteiger partial charge on any atom is 0.191 e. The maximum absolute atomic E-state index is 5.82. The van der Waals surface area contributed by atoms with Gasteiger partial charge in [0.15, 0.2) is 23.2 Å². The number of hydrogen-bond acceptors (Lipinski definition) is 5. The van der Waals surface area contributed by atoms with Crippen LogP contribution in [0, 0.1) is 0 Å². The minimum atomic E-state index is 0. The molecule has 0 radical (unpaired) electrons. The largest absolute Gasteiger partial charge is 0.486 e. The third-order valence-electron chi connectivity index (χ3n) is 6.13. The fourth-order valence-electron chi connectivity index (χ4n) is 4.32. The number of benzene rings is 1. The van der Waals surface area contributed by atoms with Gasteiger partial charge in [0.25, 0.3) is 0 Å². The van der Waals surface area contributed by atoms with Gasteiger partial charge in [0, 0.05) is 25.1 Å². The second kappa shape index (κ2) is 10.6. The third-order valence-corrected chi connectivity index (χ3v) is 6.13. The number of aromatic nitrogens is 1. The predicted molar refractivity (Wildman–Crippen MR) is 132 cm³/mol. The molecule has 0 spiro atoms. The molecule has 170 valence electrons. The highest BCUT2D eigenvalue weighted by atomic mass is 127. The number of nitrogens with zero attached hydrogens (tertiary/aromatic N) is 2. The van der Waals surface area contributed by atoms with E-state index in [9.17, 15) is 0 Å².